The maximum Gasteiger partial charge on any atom is 0.335 e. The minimum Gasteiger partial charge on any atom is -0.478 e. The van der Waals surface area contributed by atoms with Crippen LogP contribution in [0.4, 0.5) is 5.69 Å². The molecule has 1 aliphatic rings. The van der Waals surface area contributed by atoms with Crippen LogP contribution in [0.1, 0.15) is 10.4 Å². The van der Waals surface area contributed by atoms with Crippen molar-refractivity contribution in [1.82, 2.24) is 0 Å². The second kappa shape index (κ2) is 6.37. The summed E-state index contributed by atoms with van der Waals surface area (Å²) >= 11 is 0. The first-order valence-corrected chi connectivity index (χ1v) is 6.34. The molecule has 0 saturated carbocycles. The number of aromatic carboxylic acids is 1. The van der Waals surface area contributed by atoms with E-state index in [0.29, 0.717) is 5.69 Å². The number of carboxylic acids is 1. The molecule has 0 amide bonds. The Morgan fingerprint density at radius 1 is 1.10 bits per heavy atom. The zero-order valence-electron chi connectivity index (χ0n) is 11.0. The number of anilines is 1. The molecule has 6 N–H and O–H groups in total. The summed E-state index contributed by atoms with van der Waals surface area (Å²) in [6, 6.07) is 5.69. The molecule has 8 heteroatoms. The second-order valence-electron chi connectivity index (χ2n) is 4.78. The van der Waals surface area contributed by atoms with Gasteiger partial charge in [-0.05, 0) is 24.3 Å². The summed E-state index contributed by atoms with van der Waals surface area (Å²) in [5.41, 5.74) is 0.568. The highest BCUT2D eigenvalue weighted by molar-refractivity contribution is 5.87. The predicted molar refractivity (Wildman–Crippen MR) is 70.8 cm³/mol. The summed E-state index contributed by atoms with van der Waals surface area (Å²) in [5.74, 6) is -1.06. The number of ether oxygens (including phenoxy) is 1. The van der Waals surface area contributed by atoms with Gasteiger partial charge in [0.2, 0.25) is 0 Å². The van der Waals surface area contributed by atoms with Gasteiger partial charge in [-0.3, -0.25) is 0 Å². The highest BCUT2D eigenvalue weighted by Gasteiger charge is 2.43. The zero-order chi connectivity index (χ0) is 15.6. The maximum atomic E-state index is 10.7. The molecule has 1 aromatic carbocycles. The lowest BCUT2D eigenvalue weighted by Gasteiger charge is -2.40. The quantitative estimate of drug-likeness (QED) is 0.399. The van der Waals surface area contributed by atoms with Crippen LogP contribution in [0.15, 0.2) is 24.3 Å². The Morgan fingerprint density at radius 2 is 1.71 bits per heavy atom. The van der Waals surface area contributed by atoms with Gasteiger partial charge < -0.3 is 35.6 Å². The molecule has 0 aliphatic carbocycles. The fraction of sp³-hybridized carbons (Fsp3) is 0.462. The number of carboxylic acid groups (broad SMARTS) is 1. The number of rotatable bonds is 4. The molecule has 21 heavy (non-hydrogen) atoms. The van der Waals surface area contributed by atoms with Crippen LogP contribution in [0.5, 0.6) is 0 Å². The van der Waals surface area contributed by atoms with Crippen molar-refractivity contribution in [3.05, 3.63) is 29.8 Å². The van der Waals surface area contributed by atoms with Crippen LogP contribution in [0.3, 0.4) is 0 Å². The molecule has 0 radical (unpaired) electrons. The summed E-state index contributed by atoms with van der Waals surface area (Å²) in [4.78, 5) is 10.7. The van der Waals surface area contributed by atoms with Crippen molar-refractivity contribution in [1.29, 1.82) is 0 Å². The van der Waals surface area contributed by atoms with E-state index in [1.165, 1.54) is 24.3 Å². The van der Waals surface area contributed by atoms with E-state index in [9.17, 15) is 20.1 Å². The molecule has 5 unspecified atom stereocenters. The number of carbonyl (C=O) groups is 1. The fourth-order valence-electron chi connectivity index (χ4n) is 2.09. The Kier molecular flexibility index (Phi) is 4.76. The molecule has 0 spiro atoms. The summed E-state index contributed by atoms with van der Waals surface area (Å²) in [6.45, 7) is -0.513. The summed E-state index contributed by atoms with van der Waals surface area (Å²) in [5, 5.41) is 49.8. The van der Waals surface area contributed by atoms with E-state index in [0.717, 1.165) is 0 Å². The maximum absolute atomic E-state index is 10.7. The topological polar surface area (TPSA) is 139 Å². The van der Waals surface area contributed by atoms with Gasteiger partial charge >= 0.3 is 5.97 Å². The Bertz CT molecular complexity index is 490. The molecule has 8 nitrogen and oxygen atoms in total. The van der Waals surface area contributed by atoms with Crippen LogP contribution in [0.2, 0.25) is 0 Å². The van der Waals surface area contributed by atoms with E-state index in [4.69, 9.17) is 14.9 Å². The number of benzene rings is 1. The number of nitrogens with one attached hydrogen (secondary N) is 1. The van der Waals surface area contributed by atoms with Crippen LogP contribution in [-0.2, 0) is 4.74 Å². The number of aliphatic hydroxyl groups excluding tert-OH is 4. The van der Waals surface area contributed by atoms with Crippen molar-refractivity contribution in [3.63, 3.8) is 0 Å². The number of hydrogen-bond acceptors (Lipinski definition) is 7. The van der Waals surface area contributed by atoms with E-state index in [1.807, 2.05) is 0 Å². The van der Waals surface area contributed by atoms with Crippen LogP contribution < -0.4 is 5.32 Å². The van der Waals surface area contributed by atoms with Gasteiger partial charge in [0, 0.05) is 5.69 Å². The summed E-state index contributed by atoms with van der Waals surface area (Å²) in [7, 11) is 0. The lowest BCUT2D eigenvalue weighted by Crippen LogP contribution is -2.60. The Balaban J connectivity index is 2.08. The molecular weight excluding hydrogens is 282 g/mol. The first kappa shape index (κ1) is 15.7. The van der Waals surface area contributed by atoms with E-state index in [1.54, 1.807) is 0 Å². The average Bonchev–Trinajstić information content (AvgIpc) is 2.48. The molecule has 1 aromatic rings. The van der Waals surface area contributed by atoms with Crippen molar-refractivity contribution >= 4 is 11.7 Å². The average molecular weight is 299 g/mol. The largest absolute Gasteiger partial charge is 0.478 e. The SMILES string of the molecule is O=C(O)c1ccc(NC2OC(CO)C(O)C(O)C2O)cc1. The third kappa shape index (κ3) is 3.31. The summed E-state index contributed by atoms with van der Waals surface area (Å²) in [6.07, 6.45) is -6.33. The minimum atomic E-state index is -1.47. The molecule has 1 saturated heterocycles. The standard InChI is InChI=1S/C13H17NO7/c15-5-8-9(16)10(17)11(18)12(21-8)14-7-3-1-6(2-4-7)13(19)20/h1-4,8-12,14-18H,5H2,(H,19,20). The van der Waals surface area contributed by atoms with Crippen LogP contribution in [-0.4, -0.2) is 68.8 Å². The zero-order valence-corrected chi connectivity index (χ0v) is 11.0. The van der Waals surface area contributed by atoms with Gasteiger partial charge in [-0.1, -0.05) is 0 Å². The third-order valence-electron chi connectivity index (χ3n) is 3.33. The van der Waals surface area contributed by atoms with Crippen molar-refractivity contribution < 1.29 is 35.1 Å². The van der Waals surface area contributed by atoms with E-state index in [2.05, 4.69) is 5.32 Å². The molecule has 116 valence electrons. The lowest BCUT2D eigenvalue weighted by atomic mass is 9.98. The third-order valence-corrected chi connectivity index (χ3v) is 3.33. The Labute approximate surface area is 120 Å². The first-order chi connectivity index (χ1) is 9.93. The van der Waals surface area contributed by atoms with Gasteiger partial charge in [0.05, 0.1) is 12.2 Å². The molecule has 0 bridgehead atoms. The molecule has 1 heterocycles. The highest BCUT2D eigenvalue weighted by atomic mass is 16.6. The highest BCUT2D eigenvalue weighted by Crippen LogP contribution is 2.23. The molecule has 1 aliphatic heterocycles. The van der Waals surface area contributed by atoms with E-state index < -0.39 is 43.2 Å². The normalized spacial score (nSPS) is 32.7. The van der Waals surface area contributed by atoms with Gasteiger partial charge in [0.1, 0.15) is 24.4 Å². The van der Waals surface area contributed by atoms with Crippen molar-refractivity contribution in [2.24, 2.45) is 0 Å². The Hall–Kier alpha value is -1.71. The van der Waals surface area contributed by atoms with Gasteiger partial charge in [0.25, 0.3) is 0 Å². The molecule has 5 atom stereocenters. The van der Waals surface area contributed by atoms with E-state index >= 15 is 0 Å². The number of hydrogen-bond donors (Lipinski definition) is 6. The van der Waals surface area contributed by atoms with Gasteiger partial charge in [-0.25, -0.2) is 4.79 Å². The molecule has 0 aromatic heterocycles. The minimum absolute atomic E-state index is 0.106. The van der Waals surface area contributed by atoms with Gasteiger partial charge in [-0.2, -0.15) is 0 Å². The lowest BCUT2D eigenvalue weighted by molar-refractivity contribution is -0.221. The smallest absolute Gasteiger partial charge is 0.335 e. The van der Waals surface area contributed by atoms with Crippen molar-refractivity contribution in [2.45, 2.75) is 30.6 Å². The Morgan fingerprint density at radius 3 is 2.24 bits per heavy atom. The molecular formula is C13H17NO7. The molecule has 2 rings (SSSR count). The predicted octanol–water partition coefficient (Wildman–Crippen LogP) is -1.40. The fourth-order valence-corrected chi connectivity index (χ4v) is 2.09. The number of aliphatic hydroxyl groups is 4. The van der Waals surface area contributed by atoms with Crippen LogP contribution in [0.25, 0.3) is 0 Å². The van der Waals surface area contributed by atoms with E-state index in [-0.39, 0.29) is 5.56 Å². The van der Waals surface area contributed by atoms with Crippen LogP contribution >= 0.6 is 0 Å². The van der Waals surface area contributed by atoms with Crippen molar-refractivity contribution in [3.8, 4) is 0 Å². The monoisotopic (exact) mass is 299 g/mol. The second-order valence-corrected chi connectivity index (χ2v) is 4.78. The van der Waals surface area contributed by atoms with Crippen LogP contribution in [0, 0.1) is 0 Å². The van der Waals surface area contributed by atoms with Gasteiger partial charge in [-0.15, -0.1) is 0 Å². The summed E-state index contributed by atoms with van der Waals surface area (Å²) < 4.78 is 5.27. The molecule has 1 fully saturated rings. The van der Waals surface area contributed by atoms with Gasteiger partial charge in [0.15, 0.2) is 6.23 Å². The first-order valence-electron chi connectivity index (χ1n) is 6.34. The van der Waals surface area contributed by atoms with Crippen molar-refractivity contribution in [2.75, 3.05) is 11.9 Å².